The number of hydrogen-bond donors (Lipinski definition) is 2. The van der Waals surface area contributed by atoms with E-state index in [0.717, 1.165) is 58.4 Å². The minimum Gasteiger partial charge on any atom is -0.374 e. The molecule has 2 aliphatic rings. The van der Waals surface area contributed by atoms with Crippen molar-refractivity contribution in [2.24, 2.45) is 10.9 Å². The molecule has 2 rings (SSSR count). The second-order valence-electron chi connectivity index (χ2n) is 8.05. The van der Waals surface area contributed by atoms with Crippen LogP contribution >= 0.6 is 24.0 Å². The number of hydrogen-bond acceptors (Lipinski definition) is 4. The summed E-state index contributed by atoms with van der Waals surface area (Å²) in [5.41, 5.74) is 0. The minimum absolute atomic E-state index is 0. The predicted molar refractivity (Wildman–Crippen MR) is 125 cm³/mol. The Balaban J connectivity index is 0.00000364. The number of rotatable bonds is 8. The Hall–Kier alpha value is -0.120. The summed E-state index contributed by atoms with van der Waals surface area (Å²) in [6.07, 6.45) is 5.69. The first-order valence-corrected chi connectivity index (χ1v) is 10.8. The molecule has 1 unspecified atom stereocenters. The van der Waals surface area contributed by atoms with E-state index in [9.17, 15) is 0 Å². The van der Waals surface area contributed by atoms with Gasteiger partial charge in [-0.2, -0.15) is 0 Å². The first-order valence-electron chi connectivity index (χ1n) is 10.8. The summed E-state index contributed by atoms with van der Waals surface area (Å²) >= 11 is 0. The average Bonchev–Trinajstić information content (AvgIpc) is 2.88. The molecule has 160 valence electrons. The maximum absolute atomic E-state index is 5.92. The normalized spacial score (nSPS) is 23.0. The van der Waals surface area contributed by atoms with Gasteiger partial charge < -0.3 is 20.3 Å². The number of likely N-dealkylation sites (tertiary alicyclic amines) is 1. The van der Waals surface area contributed by atoms with Crippen LogP contribution in [0.2, 0.25) is 0 Å². The van der Waals surface area contributed by atoms with Gasteiger partial charge in [0, 0.05) is 39.3 Å². The third-order valence-corrected chi connectivity index (χ3v) is 5.06. The standard InChI is InChI=1S/C20H41N5O.HI/c1-4-21-20(22-9-12-24-10-7-5-6-8-11-24)23-15-19-17-25(13-14-26-19)16-18(2)3;/h18-19H,4-17H2,1-3H3,(H2,21,22,23);1H. The van der Waals surface area contributed by atoms with Crippen LogP contribution in [0.25, 0.3) is 0 Å². The molecule has 2 fully saturated rings. The van der Waals surface area contributed by atoms with Crippen LogP contribution in [0.15, 0.2) is 4.99 Å². The second kappa shape index (κ2) is 14.8. The molecule has 0 aromatic rings. The lowest BCUT2D eigenvalue weighted by molar-refractivity contribution is -0.0261. The number of aliphatic imine (C=N–C) groups is 1. The average molecular weight is 495 g/mol. The van der Waals surface area contributed by atoms with Crippen molar-refractivity contribution in [2.75, 3.05) is 65.5 Å². The molecular formula is C20H42IN5O. The maximum atomic E-state index is 5.92. The van der Waals surface area contributed by atoms with E-state index in [1.165, 1.54) is 38.8 Å². The van der Waals surface area contributed by atoms with Crippen molar-refractivity contribution >= 4 is 29.9 Å². The van der Waals surface area contributed by atoms with E-state index in [1.807, 2.05) is 0 Å². The van der Waals surface area contributed by atoms with E-state index in [1.54, 1.807) is 0 Å². The van der Waals surface area contributed by atoms with Crippen molar-refractivity contribution in [3.05, 3.63) is 0 Å². The molecule has 0 aromatic carbocycles. The molecule has 2 aliphatic heterocycles. The molecule has 0 amide bonds. The molecule has 0 aromatic heterocycles. The van der Waals surface area contributed by atoms with Gasteiger partial charge in [0.2, 0.25) is 0 Å². The van der Waals surface area contributed by atoms with E-state index in [2.05, 4.69) is 41.2 Å². The maximum Gasteiger partial charge on any atom is 0.191 e. The van der Waals surface area contributed by atoms with Gasteiger partial charge >= 0.3 is 0 Å². The Kier molecular flexibility index (Phi) is 13.7. The van der Waals surface area contributed by atoms with Crippen molar-refractivity contribution < 1.29 is 4.74 Å². The largest absolute Gasteiger partial charge is 0.374 e. The number of halogens is 1. The molecule has 0 aliphatic carbocycles. The number of ether oxygens (including phenoxy) is 1. The van der Waals surface area contributed by atoms with E-state index in [-0.39, 0.29) is 30.1 Å². The monoisotopic (exact) mass is 495 g/mol. The Labute approximate surface area is 183 Å². The van der Waals surface area contributed by atoms with Crippen LogP contribution in [0.5, 0.6) is 0 Å². The van der Waals surface area contributed by atoms with Gasteiger partial charge in [-0.25, -0.2) is 0 Å². The number of guanidine groups is 1. The van der Waals surface area contributed by atoms with Crippen LogP contribution < -0.4 is 10.6 Å². The molecule has 2 saturated heterocycles. The van der Waals surface area contributed by atoms with Crippen LogP contribution in [-0.2, 0) is 4.74 Å². The molecule has 2 N–H and O–H groups in total. The van der Waals surface area contributed by atoms with Crippen LogP contribution in [0.4, 0.5) is 0 Å². The smallest absolute Gasteiger partial charge is 0.191 e. The molecular weight excluding hydrogens is 453 g/mol. The molecule has 7 heteroatoms. The third kappa shape index (κ3) is 10.9. The van der Waals surface area contributed by atoms with E-state index in [0.29, 0.717) is 5.92 Å². The molecule has 0 saturated carbocycles. The fourth-order valence-corrected chi connectivity index (χ4v) is 3.80. The highest BCUT2D eigenvalue weighted by Crippen LogP contribution is 2.09. The summed E-state index contributed by atoms with van der Waals surface area (Å²) in [5, 5.41) is 6.87. The summed E-state index contributed by atoms with van der Waals surface area (Å²) in [6, 6.07) is 0. The van der Waals surface area contributed by atoms with Crippen molar-refractivity contribution in [3.63, 3.8) is 0 Å². The lowest BCUT2D eigenvalue weighted by atomic mass is 10.2. The van der Waals surface area contributed by atoms with E-state index >= 15 is 0 Å². The first-order chi connectivity index (χ1) is 12.7. The van der Waals surface area contributed by atoms with Crippen LogP contribution in [0, 0.1) is 5.92 Å². The zero-order valence-corrected chi connectivity index (χ0v) is 20.0. The third-order valence-electron chi connectivity index (χ3n) is 5.06. The Morgan fingerprint density at radius 1 is 1.07 bits per heavy atom. The van der Waals surface area contributed by atoms with Crippen molar-refractivity contribution in [3.8, 4) is 0 Å². The summed E-state index contributed by atoms with van der Waals surface area (Å²) in [6.45, 7) is 16.9. The van der Waals surface area contributed by atoms with Gasteiger partial charge in [-0.1, -0.05) is 26.7 Å². The summed E-state index contributed by atoms with van der Waals surface area (Å²) in [5.74, 6) is 1.63. The Morgan fingerprint density at radius 2 is 1.81 bits per heavy atom. The lowest BCUT2D eigenvalue weighted by Gasteiger charge is -2.33. The SMILES string of the molecule is CCNC(=NCC1CN(CC(C)C)CCO1)NCCN1CCCCCC1.I. The minimum atomic E-state index is 0. The van der Waals surface area contributed by atoms with Gasteiger partial charge in [0.15, 0.2) is 5.96 Å². The Bertz CT molecular complexity index is 400. The van der Waals surface area contributed by atoms with Gasteiger partial charge in [0.05, 0.1) is 19.3 Å². The molecule has 0 spiro atoms. The highest BCUT2D eigenvalue weighted by atomic mass is 127. The first kappa shape index (κ1) is 24.9. The summed E-state index contributed by atoms with van der Waals surface area (Å²) < 4.78 is 5.92. The molecule has 2 heterocycles. The van der Waals surface area contributed by atoms with Crippen molar-refractivity contribution in [2.45, 2.75) is 52.6 Å². The predicted octanol–water partition coefficient (Wildman–Crippen LogP) is 2.39. The van der Waals surface area contributed by atoms with Crippen molar-refractivity contribution in [1.82, 2.24) is 20.4 Å². The van der Waals surface area contributed by atoms with E-state index in [4.69, 9.17) is 9.73 Å². The topological polar surface area (TPSA) is 52.1 Å². The van der Waals surface area contributed by atoms with Crippen molar-refractivity contribution in [1.29, 1.82) is 0 Å². The quantitative estimate of drug-likeness (QED) is 0.308. The van der Waals surface area contributed by atoms with Crippen LogP contribution in [0.3, 0.4) is 0 Å². The van der Waals surface area contributed by atoms with Gasteiger partial charge in [0.25, 0.3) is 0 Å². The lowest BCUT2D eigenvalue weighted by Crippen LogP contribution is -2.46. The van der Waals surface area contributed by atoms with Gasteiger partial charge in [-0.15, -0.1) is 24.0 Å². The second-order valence-corrected chi connectivity index (χ2v) is 8.05. The number of nitrogens with zero attached hydrogens (tertiary/aromatic N) is 3. The summed E-state index contributed by atoms with van der Waals surface area (Å²) in [7, 11) is 0. The van der Waals surface area contributed by atoms with Crippen LogP contribution in [0.1, 0.15) is 46.5 Å². The Morgan fingerprint density at radius 3 is 2.48 bits per heavy atom. The fourth-order valence-electron chi connectivity index (χ4n) is 3.80. The molecule has 0 bridgehead atoms. The highest BCUT2D eigenvalue weighted by Gasteiger charge is 2.20. The molecule has 6 nitrogen and oxygen atoms in total. The molecule has 27 heavy (non-hydrogen) atoms. The summed E-state index contributed by atoms with van der Waals surface area (Å²) in [4.78, 5) is 9.87. The molecule has 1 atom stereocenters. The fraction of sp³-hybridized carbons (Fsp3) is 0.950. The van der Waals surface area contributed by atoms with Gasteiger partial charge in [-0.05, 0) is 38.8 Å². The zero-order valence-electron chi connectivity index (χ0n) is 17.7. The number of nitrogens with one attached hydrogen (secondary N) is 2. The zero-order chi connectivity index (χ0) is 18.6. The van der Waals surface area contributed by atoms with Crippen LogP contribution in [-0.4, -0.2) is 87.4 Å². The van der Waals surface area contributed by atoms with Gasteiger partial charge in [-0.3, -0.25) is 9.89 Å². The number of morpholine rings is 1. The van der Waals surface area contributed by atoms with E-state index < -0.39 is 0 Å². The molecule has 0 radical (unpaired) electrons. The highest BCUT2D eigenvalue weighted by molar-refractivity contribution is 14.0. The van der Waals surface area contributed by atoms with Gasteiger partial charge in [0.1, 0.15) is 0 Å².